The van der Waals surface area contributed by atoms with Crippen LogP contribution in [0.1, 0.15) is 30.3 Å². The fraction of sp³-hybridized carbons (Fsp3) is 0.438. The molecule has 1 aliphatic rings. The third-order valence-electron chi connectivity index (χ3n) is 3.81. The summed E-state index contributed by atoms with van der Waals surface area (Å²) in [5, 5.41) is 11.3. The number of nitrogens with one attached hydrogen (secondary N) is 1. The van der Waals surface area contributed by atoms with Crippen molar-refractivity contribution in [2.24, 2.45) is 10.3 Å². The van der Waals surface area contributed by atoms with Gasteiger partial charge in [0.15, 0.2) is 5.69 Å². The van der Waals surface area contributed by atoms with E-state index in [1.54, 1.807) is 14.0 Å². The van der Waals surface area contributed by atoms with Gasteiger partial charge in [0.05, 0.1) is 13.7 Å². The van der Waals surface area contributed by atoms with Crippen molar-refractivity contribution in [2.45, 2.75) is 19.8 Å². The summed E-state index contributed by atoms with van der Waals surface area (Å²) in [4.78, 5) is 15.3. The van der Waals surface area contributed by atoms with Gasteiger partial charge in [0.2, 0.25) is 0 Å². The van der Waals surface area contributed by atoms with Gasteiger partial charge in [-0.3, -0.25) is 5.01 Å². The summed E-state index contributed by atoms with van der Waals surface area (Å²) < 4.78 is 10.4. The molecule has 1 aromatic heterocycles. The maximum Gasteiger partial charge on any atom is 0.357 e. The zero-order valence-corrected chi connectivity index (χ0v) is 13.3. The lowest BCUT2D eigenvalue weighted by atomic mass is 10.2. The third kappa shape index (κ3) is 3.13. The van der Waals surface area contributed by atoms with E-state index in [0.717, 1.165) is 36.8 Å². The van der Waals surface area contributed by atoms with Gasteiger partial charge in [-0.15, -0.1) is 5.11 Å². The van der Waals surface area contributed by atoms with E-state index in [4.69, 9.17) is 9.47 Å². The number of carbonyl (C=O) groups excluding carboxylic acids is 1. The second kappa shape index (κ2) is 6.68. The van der Waals surface area contributed by atoms with Crippen LogP contribution >= 0.6 is 0 Å². The Labute approximate surface area is 134 Å². The molecule has 1 N–H and O–H groups in total. The lowest BCUT2D eigenvalue weighted by Gasteiger charge is -2.07. The van der Waals surface area contributed by atoms with Crippen LogP contribution in [0.2, 0.25) is 0 Å². The van der Waals surface area contributed by atoms with Crippen LogP contribution in [0.25, 0.3) is 10.9 Å². The van der Waals surface area contributed by atoms with Gasteiger partial charge >= 0.3 is 5.97 Å². The second-order valence-corrected chi connectivity index (χ2v) is 5.33. The number of hydrogen-bond acceptors (Lipinski definition) is 5. The smallest absolute Gasteiger partial charge is 0.357 e. The molecule has 1 saturated heterocycles. The van der Waals surface area contributed by atoms with Gasteiger partial charge in [0, 0.05) is 24.0 Å². The summed E-state index contributed by atoms with van der Waals surface area (Å²) in [6.07, 6.45) is 2.23. The Bertz CT molecular complexity index is 732. The molecule has 0 radical (unpaired) electrons. The average Bonchev–Trinajstić information content (AvgIpc) is 3.20. The minimum absolute atomic E-state index is 0.306. The van der Waals surface area contributed by atoms with Gasteiger partial charge < -0.3 is 14.5 Å². The van der Waals surface area contributed by atoms with E-state index >= 15 is 0 Å². The highest BCUT2D eigenvalue weighted by molar-refractivity contribution is 6.05. The molecule has 0 atom stereocenters. The van der Waals surface area contributed by atoms with Crippen molar-refractivity contribution in [2.75, 3.05) is 26.8 Å². The van der Waals surface area contributed by atoms with Crippen LogP contribution in [0.4, 0.5) is 5.69 Å². The molecule has 0 spiro atoms. The third-order valence-corrected chi connectivity index (χ3v) is 3.81. The number of aromatic nitrogens is 1. The molecular formula is C16H20N4O3. The van der Waals surface area contributed by atoms with Crippen molar-refractivity contribution in [3.63, 3.8) is 0 Å². The molecule has 3 rings (SSSR count). The molecule has 0 amide bonds. The summed E-state index contributed by atoms with van der Waals surface area (Å²) in [6, 6.07) is 5.52. The van der Waals surface area contributed by atoms with Gasteiger partial charge in [-0.2, -0.15) is 0 Å². The predicted octanol–water partition coefficient (Wildman–Crippen LogP) is 3.45. The van der Waals surface area contributed by atoms with Crippen molar-refractivity contribution < 1.29 is 14.3 Å². The molecule has 0 aliphatic carbocycles. The Balaban J connectivity index is 2.05. The Kier molecular flexibility index (Phi) is 4.45. The molecule has 1 fully saturated rings. The Morgan fingerprint density at radius 1 is 1.35 bits per heavy atom. The van der Waals surface area contributed by atoms with Crippen LogP contribution in [-0.4, -0.2) is 42.8 Å². The lowest BCUT2D eigenvalue weighted by molar-refractivity contribution is 0.0521. The first-order valence-electron chi connectivity index (χ1n) is 7.76. The first kappa shape index (κ1) is 15.3. The van der Waals surface area contributed by atoms with Crippen LogP contribution < -0.4 is 4.74 Å². The topological polar surface area (TPSA) is 79.3 Å². The molecule has 7 nitrogen and oxygen atoms in total. The molecule has 0 saturated carbocycles. The van der Waals surface area contributed by atoms with Gasteiger partial charge in [0.1, 0.15) is 11.4 Å². The fourth-order valence-electron chi connectivity index (χ4n) is 2.64. The number of nitrogens with zero attached hydrogens (tertiary/aromatic N) is 3. The van der Waals surface area contributed by atoms with Gasteiger partial charge in [-0.1, -0.05) is 5.22 Å². The Hall–Kier alpha value is -2.57. The number of rotatable bonds is 5. The molecule has 2 aromatic rings. The number of carbonyl (C=O) groups is 1. The second-order valence-electron chi connectivity index (χ2n) is 5.33. The predicted molar refractivity (Wildman–Crippen MR) is 86.1 cm³/mol. The number of fused-ring (bicyclic) bond motifs is 1. The van der Waals surface area contributed by atoms with Crippen LogP contribution in [0.3, 0.4) is 0 Å². The van der Waals surface area contributed by atoms with E-state index in [1.165, 1.54) is 0 Å². The number of hydrogen-bond donors (Lipinski definition) is 1. The molecule has 7 heteroatoms. The molecule has 2 heterocycles. The number of ether oxygens (including phenoxy) is 2. The normalized spacial score (nSPS) is 14.8. The largest absolute Gasteiger partial charge is 0.497 e. The van der Waals surface area contributed by atoms with Crippen LogP contribution in [0.15, 0.2) is 28.5 Å². The van der Waals surface area contributed by atoms with Gasteiger partial charge in [-0.25, -0.2) is 4.79 Å². The van der Waals surface area contributed by atoms with Crippen molar-refractivity contribution in [1.82, 2.24) is 9.99 Å². The van der Waals surface area contributed by atoms with Gasteiger partial charge in [0.25, 0.3) is 0 Å². The molecule has 1 aromatic carbocycles. The molecule has 0 bridgehead atoms. The fourth-order valence-corrected chi connectivity index (χ4v) is 2.64. The zero-order chi connectivity index (χ0) is 16.2. The van der Waals surface area contributed by atoms with E-state index in [0.29, 0.717) is 23.7 Å². The van der Waals surface area contributed by atoms with Crippen LogP contribution in [0, 0.1) is 0 Å². The molecule has 122 valence electrons. The van der Waals surface area contributed by atoms with Crippen molar-refractivity contribution >= 4 is 22.6 Å². The number of methoxy groups -OCH3 is 1. The lowest BCUT2D eigenvalue weighted by Crippen LogP contribution is -2.10. The maximum absolute atomic E-state index is 12.2. The number of aromatic amines is 1. The number of benzene rings is 1. The van der Waals surface area contributed by atoms with E-state index < -0.39 is 5.97 Å². The SMILES string of the molecule is CCOC(=O)c1[nH]c2ccc(OC)cc2c1N=NN1CCCC1. The summed E-state index contributed by atoms with van der Waals surface area (Å²) in [5.74, 6) is 0.266. The van der Waals surface area contributed by atoms with Crippen LogP contribution in [0.5, 0.6) is 5.75 Å². The first-order valence-corrected chi connectivity index (χ1v) is 7.76. The minimum Gasteiger partial charge on any atom is -0.497 e. The highest BCUT2D eigenvalue weighted by Gasteiger charge is 2.20. The van der Waals surface area contributed by atoms with E-state index in [2.05, 4.69) is 15.3 Å². The summed E-state index contributed by atoms with van der Waals surface area (Å²) in [5.41, 5.74) is 1.60. The Morgan fingerprint density at radius 3 is 2.83 bits per heavy atom. The molecular weight excluding hydrogens is 296 g/mol. The average molecular weight is 316 g/mol. The molecule has 23 heavy (non-hydrogen) atoms. The van der Waals surface area contributed by atoms with Crippen LogP contribution in [-0.2, 0) is 4.74 Å². The summed E-state index contributed by atoms with van der Waals surface area (Å²) in [6.45, 7) is 3.86. The van der Waals surface area contributed by atoms with Gasteiger partial charge in [-0.05, 0) is 38.0 Å². The zero-order valence-electron chi connectivity index (χ0n) is 13.3. The standard InChI is InChI=1S/C16H20N4O3/c1-3-23-16(21)15-14(18-19-20-8-4-5-9-20)12-10-11(22-2)6-7-13(12)17-15/h6-7,10,17H,3-5,8-9H2,1-2H3. The summed E-state index contributed by atoms with van der Waals surface area (Å²) in [7, 11) is 1.60. The van der Waals surface area contributed by atoms with E-state index in [1.807, 2.05) is 23.2 Å². The number of esters is 1. The first-order chi connectivity index (χ1) is 11.2. The van der Waals surface area contributed by atoms with E-state index in [-0.39, 0.29) is 0 Å². The van der Waals surface area contributed by atoms with Crippen molar-refractivity contribution in [1.29, 1.82) is 0 Å². The highest BCUT2D eigenvalue weighted by atomic mass is 16.5. The summed E-state index contributed by atoms with van der Waals surface area (Å²) >= 11 is 0. The maximum atomic E-state index is 12.2. The van der Waals surface area contributed by atoms with E-state index in [9.17, 15) is 4.79 Å². The van der Waals surface area contributed by atoms with Crippen molar-refractivity contribution in [3.05, 3.63) is 23.9 Å². The highest BCUT2D eigenvalue weighted by Crippen LogP contribution is 2.34. The van der Waals surface area contributed by atoms with Crippen molar-refractivity contribution in [3.8, 4) is 5.75 Å². The minimum atomic E-state index is -0.432. The monoisotopic (exact) mass is 316 g/mol. The number of H-pyrrole nitrogens is 1. The molecule has 0 unspecified atom stereocenters. The quantitative estimate of drug-likeness (QED) is 0.677. The molecule has 1 aliphatic heterocycles. The Morgan fingerprint density at radius 2 is 2.13 bits per heavy atom.